The molecular formula is C13H21N5O6. The molecule has 11 nitrogen and oxygen atoms in total. The van der Waals surface area contributed by atoms with Gasteiger partial charge in [-0.2, -0.15) is 0 Å². The van der Waals surface area contributed by atoms with Crippen LogP contribution in [0, 0.1) is 0 Å². The molecule has 0 radical (unpaired) electrons. The normalized spacial score (nSPS) is 16.1. The second-order valence-corrected chi connectivity index (χ2v) is 5.09. The van der Waals surface area contributed by atoms with Crippen LogP contribution in [0.1, 0.15) is 12.8 Å². The lowest BCUT2D eigenvalue weighted by Gasteiger charge is -2.11. The van der Waals surface area contributed by atoms with Crippen LogP contribution in [0.3, 0.4) is 0 Å². The van der Waals surface area contributed by atoms with Crippen molar-refractivity contribution in [2.45, 2.75) is 18.9 Å². The van der Waals surface area contributed by atoms with Crippen molar-refractivity contribution in [1.29, 1.82) is 0 Å². The van der Waals surface area contributed by atoms with E-state index in [0.717, 1.165) is 19.4 Å². The minimum absolute atomic E-state index is 0.247. The third-order valence-corrected chi connectivity index (χ3v) is 3.13. The summed E-state index contributed by atoms with van der Waals surface area (Å²) in [6, 6.07) is -0.287. The van der Waals surface area contributed by atoms with Crippen molar-refractivity contribution >= 4 is 29.6 Å². The van der Waals surface area contributed by atoms with Crippen molar-refractivity contribution in [3.05, 3.63) is 0 Å². The molecule has 11 heteroatoms. The Morgan fingerprint density at radius 3 is 1.79 bits per heavy atom. The zero-order chi connectivity index (χ0) is 17.9. The van der Waals surface area contributed by atoms with Gasteiger partial charge in [0.2, 0.25) is 23.6 Å². The number of carbonyl (C=O) groups excluding carboxylic acids is 4. The second-order valence-electron chi connectivity index (χ2n) is 5.09. The van der Waals surface area contributed by atoms with E-state index in [9.17, 15) is 24.0 Å². The Kier molecular flexibility index (Phi) is 8.19. The highest BCUT2D eigenvalue weighted by Crippen LogP contribution is 2.03. The van der Waals surface area contributed by atoms with Gasteiger partial charge in [-0.3, -0.25) is 24.0 Å². The Morgan fingerprint density at radius 1 is 0.833 bits per heavy atom. The van der Waals surface area contributed by atoms with Crippen LogP contribution in [-0.4, -0.2) is 73.5 Å². The fourth-order valence-corrected chi connectivity index (χ4v) is 1.92. The molecule has 1 unspecified atom stereocenters. The van der Waals surface area contributed by atoms with Gasteiger partial charge in [-0.15, -0.1) is 0 Å². The fraction of sp³-hybridized carbons (Fsp3) is 0.615. The highest BCUT2D eigenvalue weighted by Gasteiger charge is 2.22. The van der Waals surface area contributed by atoms with E-state index >= 15 is 0 Å². The molecule has 0 saturated carbocycles. The maximum Gasteiger partial charge on any atom is 0.322 e. The van der Waals surface area contributed by atoms with Gasteiger partial charge in [0.1, 0.15) is 6.54 Å². The molecule has 1 heterocycles. The van der Waals surface area contributed by atoms with Crippen LogP contribution in [0.4, 0.5) is 0 Å². The summed E-state index contributed by atoms with van der Waals surface area (Å²) in [5.41, 5.74) is 0. The number of amides is 4. The molecule has 1 aliphatic rings. The summed E-state index contributed by atoms with van der Waals surface area (Å²) in [6.45, 7) is -0.774. The highest BCUT2D eigenvalue weighted by atomic mass is 16.4. The van der Waals surface area contributed by atoms with E-state index in [-0.39, 0.29) is 25.0 Å². The molecule has 1 saturated heterocycles. The molecule has 4 amide bonds. The maximum absolute atomic E-state index is 11.7. The number of rotatable bonds is 9. The molecule has 6 N–H and O–H groups in total. The Bertz CT molecular complexity index is 503. The van der Waals surface area contributed by atoms with Crippen LogP contribution in [0.25, 0.3) is 0 Å². The standard InChI is InChI=1S/C13H21N5O6/c19-9(15-5-10(20)17-7-12(22)23)4-16-11(21)6-18-13(24)8-2-1-3-14-8/h8,14H,1-7H2,(H,15,19)(H,16,21)(H,17,20)(H,18,24)(H,22,23). The first-order chi connectivity index (χ1) is 11.4. The Labute approximate surface area is 137 Å². The number of hydrogen-bond acceptors (Lipinski definition) is 6. The van der Waals surface area contributed by atoms with Gasteiger partial charge in [0.15, 0.2) is 0 Å². The SMILES string of the molecule is O=C(O)CNC(=O)CNC(=O)CNC(=O)CNC(=O)C1CCCN1. The molecule has 0 aromatic rings. The Morgan fingerprint density at radius 2 is 1.33 bits per heavy atom. The topological polar surface area (TPSA) is 166 Å². The molecule has 24 heavy (non-hydrogen) atoms. The van der Waals surface area contributed by atoms with Gasteiger partial charge in [0.25, 0.3) is 0 Å². The summed E-state index contributed by atoms with van der Waals surface area (Å²) in [7, 11) is 0. The van der Waals surface area contributed by atoms with E-state index in [1.807, 2.05) is 0 Å². The van der Waals surface area contributed by atoms with E-state index in [0.29, 0.717) is 0 Å². The van der Waals surface area contributed by atoms with Crippen LogP contribution in [0.2, 0.25) is 0 Å². The summed E-state index contributed by atoms with van der Waals surface area (Å²) in [5, 5.41) is 20.4. The van der Waals surface area contributed by atoms with Gasteiger partial charge in [-0.05, 0) is 19.4 Å². The second kappa shape index (κ2) is 10.2. The zero-order valence-corrected chi connectivity index (χ0v) is 13.0. The Hall–Kier alpha value is -2.69. The molecule has 1 atom stereocenters. The largest absolute Gasteiger partial charge is 0.480 e. The number of carboxylic acid groups (broad SMARTS) is 1. The van der Waals surface area contributed by atoms with Crippen molar-refractivity contribution in [3.63, 3.8) is 0 Å². The van der Waals surface area contributed by atoms with Gasteiger partial charge in [-0.25, -0.2) is 0 Å². The molecular weight excluding hydrogens is 322 g/mol. The van der Waals surface area contributed by atoms with Gasteiger partial charge >= 0.3 is 5.97 Å². The van der Waals surface area contributed by atoms with Gasteiger partial charge in [-0.1, -0.05) is 0 Å². The van der Waals surface area contributed by atoms with E-state index < -0.39 is 36.8 Å². The zero-order valence-electron chi connectivity index (χ0n) is 13.0. The van der Waals surface area contributed by atoms with Crippen molar-refractivity contribution in [2.75, 3.05) is 32.7 Å². The summed E-state index contributed by atoms with van der Waals surface area (Å²) in [5.74, 6) is -3.27. The van der Waals surface area contributed by atoms with E-state index in [2.05, 4.69) is 26.6 Å². The monoisotopic (exact) mass is 343 g/mol. The number of hydrogen-bond donors (Lipinski definition) is 6. The molecule has 0 spiro atoms. The van der Waals surface area contributed by atoms with Crippen LogP contribution in [0.5, 0.6) is 0 Å². The third kappa shape index (κ3) is 8.08. The first-order valence-electron chi connectivity index (χ1n) is 7.41. The minimum Gasteiger partial charge on any atom is -0.480 e. The summed E-state index contributed by atoms with van der Waals surface area (Å²) < 4.78 is 0. The van der Waals surface area contributed by atoms with Crippen molar-refractivity contribution < 1.29 is 29.1 Å². The Balaban J connectivity index is 2.10. The summed E-state index contributed by atoms with van der Waals surface area (Å²) in [4.78, 5) is 56.0. The number of carboxylic acids is 1. The maximum atomic E-state index is 11.7. The van der Waals surface area contributed by atoms with Crippen LogP contribution >= 0.6 is 0 Å². The number of aliphatic carboxylic acids is 1. The van der Waals surface area contributed by atoms with Crippen molar-refractivity contribution in [3.8, 4) is 0 Å². The molecule has 0 aliphatic carbocycles. The lowest BCUT2D eigenvalue weighted by atomic mass is 10.2. The van der Waals surface area contributed by atoms with Crippen molar-refractivity contribution in [1.82, 2.24) is 26.6 Å². The first kappa shape index (κ1) is 19.4. The van der Waals surface area contributed by atoms with E-state index in [1.54, 1.807) is 0 Å². The molecule has 1 aliphatic heterocycles. The number of nitrogens with one attached hydrogen (secondary N) is 5. The molecule has 0 aromatic heterocycles. The molecule has 134 valence electrons. The predicted octanol–water partition coefficient (Wildman–Crippen LogP) is -3.71. The third-order valence-electron chi connectivity index (χ3n) is 3.13. The highest BCUT2D eigenvalue weighted by molar-refractivity contribution is 5.91. The van der Waals surface area contributed by atoms with Crippen LogP contribution < -0.4 is 26.6 Å². The number of carbonyl (C=O) groups is 5. The first-order valence-corrected chi connectivity index (χ1v) is 7.41. The molecule has 0 aromatic carbocycles. The van der Waals surface area contributed by atoms with Crippen LogP contribution in [-0.2, 0) is 24.0 Å². The summed E-state index contributed by atoms with van der Waals surface area (Å²) in [6.07, 6.45) is 1.63. The smallest absolute Gasteiger partial charge is 0.322 e. The van der Waals surface area contributed by atoms with E-state index in [4.69, 9.17) is 5.11 Å². The van der Waals surface area contributed by atoms with Gasteiger partial charge in [0.05, 0.1) is 25.7 Å². The molecule has 0 bridgehead atoms. The van der Waals surface area contributed by atoms with E-state index in [1.165, 1.54) is 0 Å². The van der Waals surface area contributed by atoms with Gasteiger partial charge in [0, 0.05) is 0 Å². The summed E-state index contributed by atoms with van der Waals surface area (Å²) >= 11 is 0. The average molecular weight is 343 g/mol. The lowest BCUT2D eigenvalue weighted by molar-refractivity contribution is -0.137. The predicted molar refractivity (Wildman–Crippen MR) is 80.7 cm³/mol. The molecule has 1 fully saturated rings. The van der Waals surface area contributed by atoms with Gasteiger partial charge < -0.3 is 31.7 Å². The van der Waals surface area contributed by atoms with Crippen molar-refractivity contribution in [2.24, 2.45) is 0 Å². The van der Waals surface area contributed by atoms with Crippen LogP contribution in [0.15, 0.2) is 0 Å². The lowest BCUT2D eigenvalue weighted by Crippen LogP contribution is -2.47. The minimum atomic E-state index is -1.20. The molecule has 1 rings (SSSR count). The average Bonchev–Trinajstić information content (AvgIpc) is 3.08. The fourth-order valence-electron chi connectivity index (χ4n) is 1.92. The quantitative estimate of drug-likeness (QED) is 0.250.